The topological polar surface area (TPSA) is 35.6 Å². The van der Waals surface area contributed by atoms with Crippen molar-refractivity contribution in [2.24, 2.45) is 0 Å². The van der Waals surface area contributed by atoms with Gasteiger partial charge in [0.15, 0.2) is 0 Å². The number of nitrogens with zero attached hydrogens (tertiary/aromatic N) is 2. The molecule has 5 heteroatoms. The summed E-state index contributed by atoms with van der Waals surface area (Å²) in [5.41, 5.74) is 1.96. The number of amides is 2. The Labute approximate surface area is 154 Å². The highest BCUT2D eigenvalue weighted by molar-refractivity contribution is 5.89. The molecular formula is C21H26FN3O. The van der Waals surface area contributed by atoms with E-state index >= 15 is 0 Å². The molecule has 1 unspecified atom stereocenters. The van der Waals surface area contributed by atoms with E-state index in [9.17, 15) is 9.18 Å². The quantitative estimate of drug-likeness (QED) is 0.856. The smallest absolute Gasteiger partial charge is 0.321 e. The second kappa shape index (κ2) is 8.81. The Morgan fingerprint density at radius 2 is 1.69 bits per heavy atom. The Morgan fingerprint density at radius 3 is 2.31 bits per heavy atom. The molecule has 1 aliphatic heterocycles. The minimum absolute atomic E-state index is 0.0512. The first-order valence-electron chi connectivity index (χ1n) is 9.28. The molecule has 0 aliphatic carbocycles. The monoisotopic (exact) mass is 355 g/mol. The van der Waals surface area contributed by atoms with E-state index in [0.717, 1.165) is 37.2 Å². The van der Waals surface area contributed by atoms with Crippen molar-refractivity contribution in [3.63, 3.8) is 0 Å². The molecule has 1 fully saturated rings. The van der Waals surface area contributed by atoms with Crippen LogP contribution >= 0.6 is 0 Å². The van der Waals surface area contributed by atoms with Crippen LogP contribution in [-0.2, 0) is 0 Å². The second-order valence-electron chi connectivity index (χ2n) is 6.68. The molecule has 2 amide bonds. The first-order chi connectivity index (χ1) is 12.7. The maximum atomic E-state index is 13.2. The number of hydrogen-bond acceptors (Lipinski definition) is 2. The van der Waals surface area contributed by atoms with Crippen LogP contribution in [0.1, 0.15) is 31.4 Å². The second-order valence-corrected chi connectivity index (χ2v) is 6.68. The van der Waals surface area contributed by atoms with E-state index in [2.05, 4.69) is 17.1 Å². The predicted molar refractivity (Wildman–Crippen MR) is 103 cm³/mol. The molecule has 3 rings (SSSR count). The van der Waals surface area contributed by atoms with Crippen LogP contribution in [-0.4, -0.2) is 42.0 Å². The average Bonchev–Trinajstić information content (AvgIpc) is 2.68. The normalized spacial score (nSPS) is 16.3. The Balaban J connectivity index is 1.59. The number of benzene rings is 2. The average molecular weight is 355 g/mol. The molecule has 1 heterocycles. The number of urea groups is 1. The van der Waals surface area contributed by atoms with Gasteiger partial charge in [0.1, 0.15) is 5.82 Å². The summed E-state index contributed by atoms with van der Waals surface area (Å²) < 4.78 is 13.2. The SMILES string of the molecule is CCCC(c1ccc(F)cc1)N1CCN(C(=O)Nc2ccccc2)CC1. The lowest BCUT2D eigenvalue weighted by Crippen LogP contribution is -2.50. The van der Waals surface area contributed by atoms with Crippen LogP contribution < -0.4 is 5.32 Å². The molecule has 1 atom stereocenters. The van der Waals surface area contributed by atoms with Gasteiger partial charge < -0.3 is 10.2 Å². The Hall–Kier alpha value is -2.40. The highest BCUT2D eigenvalue weighted by atomic mass is 19.1. The zero-order chi connectivity index (χ0) is 18.4. The molecule has 1 aliphatic rings. The lowest BCUT2D eigenvalue weighted by atomic mass is 10.00. The van der Waals surface area contributed by atoms with Crippen molar-refractivity contribution < 1.29 is 9.18 Å². The van der Waals surface area contributed by atoms with Crippen molar-refractivity contribution in [1.29, 1.82) is 0 Å². The van der Waals surface area contributed by atoms with Crippen LogP contribution in [0.25, 0.3) is 0 Å². The number of carbonyl (C=O) groups excluding carboxylic acids is 1. The number of carbonyl (C=O) groups is 1. The Kier molecular flexibility index (Phi) is 6.23. The number of para-hydroxylation sites is 1. The summed E-state index contributed by atoms with van der Waals surface area (Å²) in [6.45, 7) is 5.20. The van der Waals surface area contributed by atoms with Gasteiger partial charge in [-0.3, -0.25) is 4.90 Å². The molecule has 1 N–H and O–H groups in total. The fourth-order valence-corrected chi connectivity index (χ4v) is 3.48. The van der Waals surface area contributed by atoms with Gasteiger partial charge in [0.25, 0.3) is 0 Å². The van der Waals surface area contributed by atoms with E-state index in [1.807, 2.05) is 47.4 Å². The third-order valence-electron chi connectivity index (χ3n) is 4.88. The summed E-state index contributed by atoms with van der Waals surface area (Å²) >= 11 is 0. The molecule has 0 saturated carbocycles. The van der Waals surface area contributed by atoms with Gasteiger partial charge in [0.05, 0.1) is 0 Å². The molecule has 0 aromatic heterocycles. The lowest BCUT2D eigenvalue weighted by Gasteiger charge is -2.39. The van der Waals surface area contributed by atoms with Crippen LogP contribution in [0.15, 0.2) is 54.6 Å². The summed E-state index contributed by atoms with van der Waals surface area (Å²) in [5, 5.41) is 2.95. The van der Waals surface area contributed by atoms with Crippen LogP contribution in [0.2, 0.25) is 0 Å². The maximum absolute atomic E-state index is 13.2. The van der Waals surface area contributed by atoms with E-state index in [4.69, 9.17) is 0 Å². The summed E-state index contributed by atoms with van der Waals surface area (Å²) in [6.07, 6.45) is 2.10. The fourth-order valence-electron chi connectivity index (χ4n) is 3.48. The van der Waals surface area contributed by atoms with E-state index in [0.29, 0.717) is 13.1 Å². The third kappa shape index (κ3) is 4.61. The van der Waals surface area contributed by atoms with Gasteiger partial charge in [-0.2, -0.15) is 0 Å². The van der Waals surface area contributed by atoms with E-state index in [1.54, 1.807) is 0 Å². The van der Waals surface area contributed by atoms with Gasteiger partial charge in [0, 0.05) is 37.9 Å². The van der Waals surface area contributed by atoms with E-state index in [1.165, 1.54) is 12.1 Å². The molecule has 2 aromatic rings. The van der Waals surface area contributed by atoms with Crippen LogP contribution in [0.3, 0.4) is 0 Å². The first-order valence-corrected chi connectivity index (χ1v) is 9.28. The lowest BCUT2D eigenvalue weighted by molar-refractivity contribution is 0.108. The number of rotatable bonds is 5. The number of hydrogen-bond donors (Lipinski definition) is 1. The van der Waals surface area contributed by atoms with Gasteiger partial charge in [0.2, 0.25) is 0 Å². The van der Waals surface area contributed by atoms with E-state index in [-0.39, 0.29) is 17.9 Å². The number of nitrogens with one attached hydrogen (secondary N) is 1. The fraction of sp³-hybridized carbons (Fsp3) is 0.381. The largest absolute Gasteiger partial charge is 0.322 e. The number of piperazine rings is 1. The Bertz CT molecular complexity index is 697. The van der Waals surface area contributed by atoms with Gasteiger partial charge in [-0.1, -0.05) is 43.7 Å². The zero-order valence-corrected chi connectivity index (χ0v) is 15.2. The van der Waals surface area contributed by atoms with E-state index < -0.39 is 0 Å². The van der Waals surface area contributed by atoms with Gasteiger partial charge in [-0.05, 0) is 36.2 Å². The highest BCUT2D eigenvalue weighted by Crippen LogP contribution is 2.27. The summed E-state index contributed by atoms with van der Waals surface area (Å²) in [4.78, 5) is 16.7. The first kappa shape index (κ1) is 18.4. The molecule has 0 radical (unpaired) electrons. The highest BCUT2D eigenvalue weighted by Gasteiger charge is 2.26. The number of halogens is 1. The molecule has 26 heavy (non-hydrogen) atoms. The molecule has 1 saturated heterocycles. The summed E-state index contributed by atoms with van der Waals surface area (Å²) in [7, 11) is 0. The molecule has 138 valence electrons. The zero-order valence-electron chi connectivity index (χ0n) is 15.2. The summed E-state index contributed by atoms with van der Waals surface area (Å²) in [6, 6.07) is 16.6. The van der Waals surface area contributed by atoms with Gasteiger partial charge in [-0.15, -0.1) is 0 Å². The van der Waals surface area contributed by atoms with Crippen molar-refractivity contribution in [1.82, 2.24) is 9.80 Å². The van der Waals surface area contributed by atoms with Gasteiger partial charge >= 0.3 is 6.03 Å². The summed E-state index contributed by atoms with van der Waals surface area (Å²) in [5.74, 6) is -0.202. The third-order valence-corrected chi connectivity index (χ3v) is 4.88. The number of anilines is 1. The van der Waals surface area contributed by atoms with Crippen molar-refractivity contribution in [3.8, 4) is 0 Å². The molecule has 4 nitrogen and oxygen atoms in total. The molecule has 2 aromatic carbocycles. The molecule has 0 spiro atoms. The minimum atomic E-state index is -0.202. The standard InChI is InChI=1S/C21H26FN3O/c1-2-6-20(17-9-11-18(22)12-10-17)24-13-15-25(16-14-24)21(26)23-19-7-4-3-5-8-19/h3-5,7-12,20H,2,6,13-16H2,1H3,(H,23,26). The molecular weight excluding hydrogens is 329 g/mol. The van der Waals surface area contributed by atoms with Crippen molar-refractivity contribution in [3.05, 3.63) is 66.0 Å². The van der Waals surface area contributed by atoms with Gasteiger partial charge in [-0.25, -0.2) is 9.18 Å². The Morgan fingerprint density at radius 1 is 1.04 bits per heavy atom. The predicted octanol–water partition coefficient (Wildman–Crippen LogP) is 4.52. The van der Waals surface area contributed by atoms with Crippen molar-refractivity contribution in [2.45, 2.75) is 25.8 Å². The van der Waals surface area contributed by atoms with Crippen LogP contribution in [0, 0.1) is 5.82 Å². The molecule has 0 bridgehead atoms. The van der Waals surface area contributed by atoms with Crippen LogP contribution in [0.5, 0.6) is 0 Å². The van der Waals surface area contributed by atoms with Crippen molar-refractivity contribution >= 4 is 11.7 Å². The van der Waals surface area contributed by atoms with Crippen molar-refractivity contribution in [2.75, 3.05) is 31.5 Å². The minimum Gasteiger partial charge on any atom is -0.322 e. The maximum Gasteiger partial charge on any atom is 0.321 e. The van der Waals surface area contributed by atoms with Crippen LogP contribution in [0.4, 0.5) is 14.9 Å².